The van der Waals surface area contributed by atoms with Gasteiger partial charge >= 0.3 is 0 Å². The van der Waals surface area contributed by atoms with E-state index in [1.807, 2.05) is 36.4 Å². The highest BCUT2D eigenvalue weighted by atomic mass is 32.1. The molecule has 23 heavy (non-hydrogen) atoms. The molecule has 1 N–H and O–H groups in total. The average Bonchev–Trinajstić information content (AvgIpc) is 3.27. The molecular weight excluding hydrogens is 312 g/mol. The van der Waals surface area contributed by atoms with Crippen LogP contribution in [0.15, 0.2) is 76.0 Å². The lowest BCUT2D eigenvalue weighted by Crippen LogP contribution is -2.43. The summed E-state index contributed by atoms with van der Waals surface area (Å²) in [4.78, 5) is 14.1. The lowest BCUT2D eigenvalue weighted by molar-refractivity contribution is 0.0976. The summed E-state index contributed by atoms with van der Waals surface area (Å²) in [6, 6.07) is 16.1. The Morgan fingerprint density at radius 3 is 2.39 bits per heavy atom. The Morgan fingerprint density at radius 2 is 1.74 bits per heavy atom. The highest BCUT2D eigenvalue weighted by Crippen LogP contribution is 2.18. The molecule has 0 fully saturated rings. The average molecular weight is 326 g/mol. The zero-order chi connectivity index (χ0) is 16.1. The Labute approximate surface area is 138 Å². The second-order valence-electron chi connectivity index (χ2n) is 4.69. The molecule has 1 amide bonds. The summed E-state index contributed by atoms with van der Waals surface area (Å²) in [5, 5.41) is 3.30. The van der Waals surface area contributed by atoms with Crippen LogP contribution in [0.1, 0.15) is 16.3 Å². The molecule has 6 heteroatoms. The molecule has 0 aliphatic heterocycles. The molecule has 0 aliphatic carbocycles. The first-order chi connectivity index (χ1) is 11.3. The van der Waals surface area contributed by atoms with E-state index in [2.05, 4.69) is 5.32 Å². The second-order valence-corrected chi connectivity index (χ2v) is 5.08. The fourth-order valence-electron chi connectivity index (χ4n) is 2.07. The summed E-state index contributed by atoms with van der Waals surface area (Å²) in [6.45, 7) is 0.389. The van der Waals surface area contributed by atoms with Crippen molar-refractivity contribution in [2.24, 2.45) is 0 Å². The number of hydrogen-bond donors (Lipinski definition) is 1. The number of para-hydroxylation sites is 1. The zero-order valence-electron chi connectivity index (χ0n) is 12.1. The normalized spacial score (nSPS) is 10.3. The summed E-state index contributed by atoms with van der Waals surface area (Å²) < 4.78 is 10.5. The van der Waals surface area contributed by atoms with E-state index in [1.54, 1.807) is 24.5 Å². The minimum atomic E-state index is -0.335. The van der Waals surface area contributed by atoms with Crippen LogP contribution in [0, 0.1) is 0 Å². The van der Waals surface area contributed by atoms with Gasteiger partial charge in [0.2, 0.25) is 0 Å². The number of furan rings is 2. The first-order valence-electron chi connectivity index (χ1n) is 6.99. The molecule has 3 aromatic rings. The predicted octanol–water partition coefficient (Wildman–Crippen LogP) is 3.59. The number of carbonyl (C=O) groups is 1. The van der Waals surface area contributed by atoms with Gasteiger partial charge in [-0.3, -0.25) is 9.69 Å². The van der Waals surface area contributed by atoms with Crippen LogP contribution >= 0.6 is 12.2 Å². The summed E-state index contributed by atoms with van der Waals surface area (Å²) in [7, 11) is 0. The lowest BCUT2D eigenvalue weighted by Gasteiger charge is -2.23. The molecule has 3 rings (SSSR count). The molecule has 0 spiro atoms. The smallest absolute Gasteiger partial charge is 0.300 e. The Bertz CT molecular complexity index is 768. The van der Waals surface area contributed by atoms with Crippen LogP contribution in [0.3, 0.4) is 0 Å². The van der Waals surface area contributed by atoms with Gasteiger partial charge in [-0.1, -0.05) is 18.2 Å². The quantitative estimate of drug-likeness (QED) is 0.743. The third-order valence-electron chi connectivity index (χ3n) is 3.15. The maximum absolute atomic E-state index is 12.7. The monoisotopic (exact) mass is 326 g/mol. The third-order valence-corrected chi connectivity index (χ3v) is 3.47. The third kappa shape index (κ3) is 3.49. The molecule has 0 unspecified atom stereocenters. The van der Waals surface area contributed by atoms with Gasteiger partial charge in [0.05, 0.1) is 24.8 Å². The lowest BCUT2D eigenvalue weighted by atomic mass is 10.2. The van der Waals surface area contributed by atoms with Crippen molar-refractivity contribution in [3.63, 3.8) is 0 Å². The van der Waals surface area contributed by atoms with E-state index < -0.39 is 0 Å². The van der Waals surface area contributed by atoms with E-state index >= 15 is 0 Å². The van der Waals surface area contributed by atoms with E-state index in [1.165, 1.54) is 11.2 Å². The molecule has 0 bridgehead atoms. The molecule has 0 atom stereocenters. The minimum Gasteiger partial charge on any atom is -0.467 e. The molecule has 2 heterocycles. The first kappa shape index (κ1) is 15.1. The minimum absolute atomic E-state index is 0.219. The number of anilines is 1. The number of benzene rings is 1. The van der Waals surface area contributed by atoms with Gasteiger partial charge < -0.3 is 14.2 Å². The Morgan fingerprint density at radius 1 is 1.00 bits per heavy atom. The fraction of sp³-hybridized carbons (Fsp3) is 0.0588. The fourth-order valence-corrected chi connectivity index (χ4v) is 2.33. The van der Waals surface area contributed by atoms with Crippen LogP contribution in [0.4, 0.5) is 5.69 Å². The van der Waals surface area contributed by atoms with Crippen LogP contribution in [-0.2, 0) is 6.54 Å². The van der Waals surface area contributed by atoms with Crippen molar-refractivity contribution in [2.45, 2.75) is 6.54 Å². The van der Waals surface area contributed by atoms with Gasteiger partial charge in [-0.25, -0.2) is 0 Å². The Balaban J connectivity index is 1.83. The van der Waals surface area contributed by atoms with Crippen LogP contribution in [0.2, 0.25) is 0 Å². The predicted molar refractivity (Wildman–Crippen MR) is 90.1 cm³/mol. The number of thiocarbonyl (C=S) groups is 1. The van der Waals surface area contributed by atoms with E-state index in [-0.39, 0.29) is 16.8 Å². The number of carbonyl (C=O) groups excluding carboxylic acids is 1. The number of nitrogens with zero attached hydrogens (tertiary/aromatic N) is 1. The van der Waals surface area contributed by atoms with Gasteiger partial charge in [0.15, 0.2) is 10.9 Å². The number of rotatable bonds is 4. The zero-order valence-corrected chi connectivity index (χ0v) is 13.0. The summed E-state index contributed by atoms with van der Waals surface area (Å²) >= 11 is 5.39. The van der Waals surface area contributed by atoms with Crippen molar-refractivity contribution in [1.29, 1.82) is 0 Å². The van der Waals surface area contributed by atoms with Crippen molar-refractivity contribution in [3.8, 4) is 0 Å². The molecule has 0 saturated heterocycles. The molecule has 5 nitrogen and oxygen atoms in total. The van der Waals surface area contributed by atoms with Gasteiger partial charge in [0.25, 0.3) is 5.91 Å². The van der Waals surface area contributed by atoms with E-state index in [0.717, 1.165) is 5.76 Å². The molecule has 1 aromatic carbocycles. The van der Waals surface area contributed by atoms with Crippen molar-refractivity contribution >= 4 is 28.9 Å². The maximum Gasteiger partial charge on any atom is 0.300 e. The number of amides is 1. The second kappa shape index (κ2) is 6.93. The summed E-state index contributed by atoms with van der Waals surface area (Å²) in [6.07, 6.45) is 3.04. The van der Waals surface area contributed by atoms with Crippen molar-refractivity contribution in [1.82, 2.24) is 5.32 Å². The van der Waals surface area contributed by atoms with Gasteiger partial charge in [-0.15, -0.1) is 0 Å². The molecule has 2 aromatic heterocycles. The van der Waals surface area contributed by atoms with E-state index in [4.69, 9.17) is 21.1 Å². The number of nitrogens with one attached hydrogen (secondary N) is 1. The first-order valence-corrected chi connectivity index (χ1v) is 7.40. The highest BCUT2D eigenvalue weighted by molar-refractivity contribution is 7.80. The summed E-state index contributed by atoms with van der Waals surface area (Å²) in [5.74, 6) is 0.611. The topological polar surface area (TPSA) is 58.6 Å². The number of hydrogen-bond acceptors (Lipinski definition) is 4. The Hall–Kier alpha value is -2.86. The van der Waals surface area contributed by atoms with Crippen LogP contribution in [0.5, 0.6) is 0 Å². The van der Waals surface area contributed by atoms with Crippen molar-refractivity contribution in [3.05, 3.63) is 78.6 Å². The molecule has 116 valence electrons. The van der Waals surface area contributed by atoms with Gasteiger partial charge in [0, 0.05) is 0 Å². The molecule has 0 aliphatic rings. The molecule has 0 saturated carbocycles. The van der Waals surface area contributed by atoms with Gasteiger partial charge in [-0.05, 0) is 48.6 Å². The van der Waals surface area contributed by atoms with Crippen molar-refractivity contribution < 1.29 is 13.6 Å². The Kier molecular flexibility index (Phi) is 4.54. The molecule has 0 radical (unpaired) electrons. The molecular formula is C17H14N2O3S. The van der Waals surface area contributed by atoms with E-state index in [9.17, 15) is 4.79 Å². The van der Waals surface area contributed by atoms with Gasteiger partial charge in [0.1, 0.15) is 5.76 Å². The van der Waals surface area contributed by atoms with Crippen LogP contribution in [0.25, 0.3) is 0 Å². The van der Waals surface area contributed by atoms with Crippen molar-refractivity contribution in [2.75, 3.05) is 4.90 Å². The van der Waals surface area contributed by atoms with Crippen LogP contribution < -0.4 is 10.2 Å². The van der Waals surface area contributed by atoms with Crippen LogP contribution in [-0.4, -0.2) is 11.0 Å². The SMILES string of the molecule is O=C(c1ccco1)N(C(=S)NCc1ccco1)c1ccccc1. The van der Waals surface area contributed by atoms with E-state index in [0.29, 0.717) is 12.2 Å². The standard InChI is InChI=1S/C17H14N2O3S/c20-16(15-9-5-11-22-15)19(13-6-2-1-3-7-13)17(23)18-12-14-8-4-10-21-14/h1-11H,12H2,(H,18,23). The van der Waals surface area contributed by atoms with Gasteiger partial charge in [-0.2, -0.15) is 0 Å². The maximum atomic E-state index is 12.7. The largest absolute Gasteiger partial charge is 0.467 e. The highest BCUT2D eigenvalue weighted by Gasteiger charge is 2.23. The summed E-state index contributed by atoms with van der Waals surface area (Å²) in [5.41, 5.74) is 0.658.